The molecule has 0 aliphatic rings. The third kappa shape index (κ3) is 4.33. The molecular weight excluding hydrogens is 448 g/mol. The summed E-state index contributed by atoms with van der Waals surface area (Å²) in [7, 11) is 1.73. The summed E-state index contributed by atoms with van der Waals surface area (Å²) in [5, 5.41) is 13.9. The van der Waals surface area contributed by atoms with Crippen molar-refractivity contribution in [3.05, 3.63) is 68.8 Å². The summed E-state index contributed by atoms with van der Waals surface area (Å²) in [6.45, 7) is 9.33. The third-order valence-corrected chi connectivity index (χ3v) is 7.01. The van der Waals surface area contributed by atoms with Crippen LogP contribution in [0.2, 0.25) is 0 Å². The van der Waals surface area contributed by atoms with E-state index in [2.05, 4.69) is 4.98 Å². The molecule has 0 aliphatic heterocycles. The fraction of sp³-hybridized carbons (Fsp3) is 0.333. The fourth-order valence-corrected chi connectivity index (χ4v) is 5.06. The van der Waals surface area contributed by atoms with E-state index < -0.39 is 5.60 Å². The Hall–Kier alpha value is -3.16. The highest BCUT2D eigenvalue weighted by Crippen LogP contribution is 2.38. The number of aliphatic hydroxyl groups is 1. The normalized spacial score (nSPS) is 12.8. The number of aliphatic hydroxyl groups excluding tert-OH is 1. The number of fused-ring (bicyclic) bond motifs is 3. The second-order valence-corrected chi connectivity index (χ2v) is 10.6. The van der Waals surface area contributed by atoms with E-state index in [0.29, 0.717) is 4.70 Å². The van der Waals surface area contributed by atoms with Crippen LogP contribution in [0.1, 0.15) is 50.4 Å². The zero-order valence-electron chi connectivity index (χ0n) is 20.4. The molecule has 0 radical (unpaired) electrons. The van der Waals surface area contributed by atoms with Crippen molar-refractivity contribution >= 4 is 38.4 Å². The Balaban J connectivity index is 1.80. The standard InChI is InChI=1S/C27H30N2O4S/c1-15-13-19(14-30)21(22-20-11-12-34-24(20)25(31)28-23(15)22)18-9-7-17(8-10-18)16(2)29(6)26(32)33-27(3,4)5/h7-13,16,30H,14H2,1-6H3,(H,28,31)/t16-/m1/s1. The Morgan fingerprint density at radius 1 is 1.21 bits per heavy atom. The second kappa shape index (κ2) is 8.89. The number of pyridine rings is 1. The number of carbonyl (C=O) groups is 1. The van der Waals surface area contributed by atoms with E-state index >= 15 is 0 Å². The maximum Gasteiger partial charge on any atom is 0.410 e. The van der Waals surface area contributed by atoms with Gasteiger partial charge in [-0.15, -0.1) is 11.3 Å². The van der Waals surface area contributed by atoms with Crippen molar-refractivity contribution in [2.24, 2.45) is 0 Å². The van der Waals surface area contributed by atoms with Gasteiger partial charge in [-0.25, -0.2) is 4.79 Å². The molecule has 0 unspecified atom stereocenters. The van der Waals surface area contributed by atoms with Gasteiger partial charge in [-0.1, -0.05) is 30.3 Å². The lowest BCUT2D eigenvalue weighted by Gasteiger charge is -2.29. The number of amides is 1. The van der Waals surface area contributed by atoms with Gasteiger partial charge in [0.25, 0.3) is 5.56 Å². The molecule has 0 bridgehead atoms. The Morgan fingerprint density at radius 3 is 2.50 bits per heavy atom. The number of rotatable bonds is 4. The van der Waals surface area contributed by atoms with Crippen LogP contribution in [0.3, 0.4) is 0 Å². The predicted molar refractivity (Wildman–Crippen MR) is 138 cm³/mol. The molecular formula is C27H30N2O4S. The summed E-state index contributed by atoms with van der Waals surface area (Å²) < 4.78 is 6.17. The lowest BCUT2D eigenvalue weighted by Crippen LogP contribution is -2.35. The van der Waals surface area contributed by atoms with Gasteiger partial charge in [0.2, 0.25) is 0 Å². The van der Waals surface area contributed by atoms with Crippen LogP contribution in [0.4, 0.5) is 4.79 Å². The second-order valence-electron chi connectivity index (χ2n) is 9.64. The van der Waals surface area contributed by atoms with Crippen molar-refractivity contribution < 1.29 is 14.6 Å². The number of carbonyl (C=O) groups excluding carboxylic acids is 1. The van der Waals surface area contributed by atoms with Crippen LogP contribution in [0, 0.1) is 6.92 Å². The monoisotopic (exact) mass is 478 g/mol. The first kappa shape index (κ1) is 24.0. The van der Waals surface area contributed by atoms with E-state index in [4.69, 9.17) is 4.74 Å². The largest absolute Gasteiger partial charge is 0.444 e. The Morgan fingerprint density at radius 2 is 1.88 bits per heavy atom. The Bertz CT molecular complexity index is 1430. The maximum absolute atomic E-state index is 12.6. The van der Waals surface area contributed by atoms with E-state index in [1.54, 1.807) is 11.9 Å². The van der Waals surface area contributed by atoms with E-state index in [-0.39, 0.29) is 24.3 Å². The lowest BCUT2D eigenvalue weighted by atomic mass is 9.90. The van der Waals surface area contributed by atoms with Gasteiger partial charge >= 0.3 is 6.09 Å². The minimum atomic E-state index is -0.559. The number of aromatic nitrogens is 1. The summed E-state index contributed by atoms with van der Waals surface area (Å²) in [6.07, 6.45) is -0.375. The van der Waals surface area contributed by atoms with E-state index in [1.165, 1.54) is 11.3 Å². The Labute approximate surface area is 202 Å². The number of ether oxygens (including phenoxy) is 1. The van der Waals surface area contributed by atoms with Crippen molar-refractivity contribution in [1.29, 1.82) is 0 Å². The summed E-state index contributed by atoms with van der Waals surface area (Å²) in [5.41, 5.74) is 4.65. The predicted octanol–water partition coefficient (Wildman–Crippen LogP) is 6.14. The number of aryl methyl sites for hydroxylation is 1. The minimum absolute atomic E-state index is 0.0994. The highest BCUT2D eigenvalue weighted by atomic mass is 32.1. The van der Waals surface area contributed by atoms with Gasteiger partial charge in [0.1, 0.15) is 10.3 Å². The molecule has 0 aliphatic carbocycles. The van der Waals surface area contributed by atoms with Crippen LogP contribution >= 0.6 is 11.3 Å². The van der Waals surface area contributed by atoms with Crippen molar-refractivity contribution in [2.45, 2.75) is 52.9 Å². The summed E-state index contributed by atoms with van der Waals surface area (Å²) in [4.78, 5) is 29.7. The van der Waals surface area contributed by atoms with Crippen molar-refractivity contribution in [2.75, 3.05) is 7.05 Å². The number of nitrogens with zero attached hydrogens (tertiary/aromatic N) is 1. The van der Waals surface area contributed by atoms with Crippen LogP contribution in [0.15, 0.2) is 46.6 Å². The van der Waals surface area contributed by atoms with E-state index in [0.717, 1.165) is 44.1 Å². The van der Waals surface area contributed by atoms with Crippen LogP contribution in [-0.4, -0.2) is 33.7 Å². The molecule has 2 aromatic carbocycles. The molecule has 178 valence electrons. The molecule has 34 heavy (non-hydrogen) atoms. The first-order chi connectivity index (χ1) is 16.0. The zero-order chi connectivity index (χ0) is 24.8. The number of nitrogens with one attached hydrogen (secondary N) is 1. The molecule has 6 nitrogen and oxygen atoms in total. The summed E-state index contributed by atoms with van der Waals surface area (Å²) in [5.74, 6) is 0. The highest BCUT2D eigenvalue weighted by molar-refractivity contribution is 7.17. The van der Waals surface area contributed by atoms with Crippen LogP contribution in [0.5, 0.6) is 0 Å². The van der Waals surface area contributed by atoms with Gasteiger partial charge < -0.3 is 19.7 Å². The molecule has 4 aromatic rings. The molecule has 2 heterocycles. The third-order valence-electron chi connectivity index (χ3n) is 6.10. The molecule has 0 fully saturated rings. The zero-order valence-corrected chi connectivity index (χ0v) is 21.2. The number of hydrogen-bond donors (Lipinski definition) is 2. The van der Waals surface area contributed by atoms with Crippen molar-refractivity contribution in [1.82, 2.24) is 9.88 Å². The minimum Gasteiger partial charge on any atom is -0.444 e. The SMILES string of the molecule is Cc1cc(CO)c(-c2ccc([C@@H](C)N(C)C(=O)OC(C)(C)C)cc2)c2c1[nH]c(=O)c1sccc12. The van der Waals surface area contributed by atoms with Gasteiger partial charge in [0, 0.05) is 17.8 Å². The smallest absolute Gasteiger partial charge is 0.410 e. The van der Waals surface area contributed by atoms with Gasteiger partial charge in [0.15, 0.2) is 0 Å². The van der Waals surface area contributed by atoms with Crippen molar-refractivity contribution in [3.8, 4) is 11.1 Å². The first-order valence-electron chi connectivity index (χ1n) is 11.2. The number of thiophene rings is 1. The van der Waals surface area contributed by atoms with Gasteiger partial charge in [0.05, 0.1) is 18.2 Å². The lowest BCUT2D eigenvalue weighted by molar-refractivity contribution is 0.0234. The number of H-pyrrole nitrogens is 1. The molecule has 0 spiro atoms. The van der Waals surface area contributed by atoms with E-state index in [1.807, 2.05) is 76.4 Å². The highest BCUT2D eigenvalue weighted by Gasteiger charge is 2.24. The van der Waals surface area contributed by atoms with Crippen LogP contribution in [-0.2, 0) is 11.3 Å². The van der Waals surface area contributed by atoms with E-state index in [9.17, 15) is 14.7 Å². The number of aromatic amines is 1. The first-order valence-corrected chi connectivity index (χ1v) is 12.1. The van der Waals surface area contributed by atoms with Gasteiger partial charge in [-0.05, 0) is 73.9 Å². The average Bonchev–Trinajstić information content (AvgIpc) is 3.28. The Kier molecular flexibility index (Phi) is 6.27. The van der Waals surface area contributed by atoms with Crippen molar-refractivity contribution in [3.63, 3.8) is 0 Å². The van der Waals surface area contributed by atoms with Crippen LogP contribution < -0.4 is 5.56 Å². The molecule has 2 N–H and O–H groups in total. The molecule has 0 saturated heterocycles. The maximum atomic E-state index is 12.6. The van der Waals surface area contributed by atoms with Gasteiger partial charge in [-0.2, -0.15) is 0 Å². The van der Waals surface area contributed by atoms with Gasteiger partial charge in [-0.3, -0.25) is 4.79 Å². The molecule has 2 aromatic heterocycles. The topological polar surface area (TPSA) is 82.6 Å². The van der Waals surface area contributed by atoms with Crippen LogP contribution in [0.25, 0.3) is 32.1 Å². The molecule has 4 rings (SSSR count). The number of hydrogen-bond acceptors (Lipinski definition) is 5. The fourth-order valence-electron chi connectivity index (χ4n) is 4.27. The summed E-state index contributed by atoms with van der Waals surface area (Å²) >= 11 is 1.41. The quantitative estimate of drug-likeness (QED) is 0.369. The number of benzene rings is 2. The summed E-state index contributed by atoms with van der Waals surface area (Å²) in [6, 6.07) is 11.7. The molecule has 7 heteroatoms. The molecule has 0 saturated carbocycles. The molecule has 1 atom stereocenters. The molecule has 1 amide bonds. The average molecular weight is 479 g/mol.